The number of hydrogen-bond donors (Lipinski definition) is 2. The molecule has 4 rings (SSSR count). The van der Waals surface area contributed by atoms with Crippen molar-refractivity contribution in [3.63, 3.8) is 0 Å². The molecule has 2 aromatic carbocycles. The van der Waals surface area contributed by atoms with Gasteiger partial charge in [-0.05, 0) is 44.0 Å². The molecule has 0 saturated carbocycles. The number of nitrogens with one attached hydrogen (secondary N) is 2. The highest BCUT2D eigenvalue weighted by Crippen LogP contribution is 2.33. The number of para-hydroxylation sites is 2. The van der Waals surface area contributed by atoms with E-state index in [-0.39, 0.29) is 23.2 Å². The zero-order valence-corrected chi connectivity index (χ0v) is 19.3. The fraction of sp³-hybridized carbons (Fsp3) is 0.333. The summed E-state index contributed by atoms with van der Waals surface area (Å²) in [5.41, 5.74) is 3.05. The zero-order chi connectivity index (χ0) is 21.8. The average Bonchev–Trinajstić information content (AvgIpc) is 3.31. The molecule has 2 N–H and O–H groups in total. The van der Waals surface area contributed by atoms with Crippen molar-refractivity contribution in [2.24, 2.45) is 0 Å². The van der Waals surface area contributed by atoms with Crippen molar-refractivity contribution in [3.8, 4) is 0 Å². The Morgan fingerprint density at radius 2 is 2.00 bits per heavy atom. The lowest BCUT2D eigenvalue weighted by atomic mass is 10.2. The summed E-state index contributed by atoms with van der Waals surface area (Å²) >= 11 is 8.30. The van der Waals surface area contributed by atoms with E-state index in [2.05, 4.69) is 20.2 Å². The lowest BCUT2D eigenvalue weighted by molar-refractivity contribution is -0.125. The van der Waals surface area contributed by atoms with Gasteiger partial charge in [-0.1, -0.05) is 65.8 Å². The first-order chi connectivity index (χ1) is 15.0. The number of aromatic nitrogens is 2. The van der Waals surface area contributed by atoms with Crippen LogP contribution in [0.1, 0.15) is 25.8 Å². The Morgan fingerprint density at radius 1 is 1.26 bits per heavy atom. The van der Waals surface area contributed by atoms with Crippen LogP contribution in [0.3, 0.4) is 0 Å². The molecule has 1 saturated heterocycles. The predicted octanol–water partition coefficient (Wildman–Crippen LogP) is 4.90. The Labute approximate surface area is 192 Å². The van der Waals surface area contributed by atoms with E-state index in [1.54, 1.807) is 11.8 Å². The number of amides is 1. The number of carbonyl (C=O) groups excluding carboxylic acids is 1. The van der Waals surface area contributed by atoms with E-state index in [4.69, 9.17) is 11.6 Å². The normalized spacial score (nSPS) is 19.9. The van der Waals surface area contributed by atoms with Crippen molar-refractivity contribution in [3.05, 3.63) is 65.2 Å². The number of halogens is 1. The molecular weight excluding hydrogens is 428 g/mol. The highest BCUT2D eigenvalue weighted by Gasteiger charge is 2.38. The number of imidazole rings is 1. The maximum absolute atomic E-state index is 12.9. The Hall–Kier alpha value is -2.28. The topological polar surface area (TPSA) is 61.0 Å². The van der Waals surface area contributed by atoms with Gasteiger partial charge >= 0.3 is 0 Å². The van der Waals surface area contributed by atoms with Crippen LogP contribution < -0.4 is 5.32 Å². The molecule has 2 heterocycles. The van der Waals surface area contributed by atoms with Crippen molar-refractivity contribution < 1.29 is 4.79 Å². The first-order valence-electron chi connectivity index (χ1n) is 10.5. The standard InChI is InChI=1S/C24H27ClN4OS/c1-16(2)26-23(30)22-13-19(31-24-27-20-10-6-7-11-21(20)28-24)15-29(22)14-18(25)12-17-8-4-3-5-9-17/h3-12,16,19,22H,13-15H2,1-2H3,(H,26,30)(H,27,28)/b18-12-/t19-,22+/m1/s1. The number of likely N-dealkylation sites (tertiary alicyclic amines) is 1. The van der Waals surface area contributed by atoms with Crippen LogP contribution in [0, 0.1) is 0 Å². The molecular formula is C24H27ClN4OS. The maximum atomic E-state index is 12.9. The minimum Gasteiger partial charge on any atom is -0.353 e. The van der Waals surface area contributed by atoms with Gasteiger partial charge in [-0.25, -0.2) is 4.98 Å². The van der Waals surface area contributed by atoms with Gasteiger partial charge in [-0.3, -0.25) is 9.69 Å². The summed E-state index contributed by atoms with van der Waals surface area (Å²) in [4.78, 5) is 23.1. The Morgan fingerprint density at radius 3 is 2.74 bits per heavy atom. The van der Waals surface area contributed by atoms with Gasteiger partial charge in [0.25, 0.3) is 0 Å². The summed E-state index contributed by atoms with van der Waals surface area (Å²) in [6.45, 7) is 5.29. The summed E-state index contributed by atoms with van der Waals surface area (Å²) in [7, 11) is 0. The van der Waals surface area contributed by atoms with Crippen LogP contribution in [0.4, 0.5) is 0 Å². The molecule has 1 aromatic heterocycles. The van der Waals surface area contributed by atoms with Gasteiger partial charge in [-0.2, -0.15) is 0 Å². The number of hydrogen-bond acceptors (Lipinski definition) is 4. The van der Waals surface area contributed by atoms with E-state index in [1.165, 1.54) is 0 Å². The molecule has 0 bridgehead atoms. The molecule has 3 aromatic rings. The number of benzene rings is 2. The van der Waals surface area contributed by atoms with Gasteiger partial charge in [0.2, 0.25) is 5.91 Å². The second kappa shape index (κ2) is 9.90. The summed E-state index contributed by atoms with van der Waals surface area (Å²) in [6.07, 6.45) is 2.73. The van der Waals surface area contributed by atoms with Crippen LogP contribution in [0.5, 0.6) is 0 Å². The minimum absolute atomic E-state index is 0.0619. The molecule has 1 fully saturated rings. The Bertz CT molecular complexity index is 1030. The van der Waals surface area contributed by atoms with E-state index in [9.17, 15) is 4.79 Å². The number of rotatable bonds is 7. The second-order valence-electron chi connectivity index (χ2n) is 8.15. The quantitative estimate of drug-likeness (QED) is 0.533. The molecule has 0 spiro atoms. The van der Waals surface area contributed by atoms with Crippen molar-refractivity contribution in [1.29, 1.82) is 0 Å². The minimum atomic E-state index is -0.206. The van der Waals surface area contributed by atoms with Gasteiger partial charge in [0.1, 0.15) is 0 Å². The number of thioether (sulfide) groups is 1. The van der Waals surface area contributed by atoms with Crippen LogP contribution >= 0.6 is 23.4 Å². The SMILES string of the molecule is CC(C)NC(=O)[C@@H]1C[C@@H](Sc2nc3ccccc3[nH]2)CN1C/C(Cl)=C/c1ccccc1. The third-order valence-electron chi connectivity index (χ3n) is 5.22. The van der Waals surface area contributed by atoms with E-state index in [0.29, 0.717) is 6.54 Å². The highest BCUT2D eigenvalue weighted by atomic mass is 35.5. The first kappa shape index (κ1) is 21.9. The number of nitrogens with zero attached hydrogens (tertiary/aromatic N) is 2. The molecule has 0 unspecified atom stereocenters. The van der Waals surface area contributed by atoms with Gasteiger partial charge < -0.3 is 10.3 Å². The molecule has 2 atom stereocenters. The monoisotopic (exact) mass is 454 g/mol. The van der Waals surface area contributed by atoms with Gasteiger partial charge in [0, 0.05) is 29.4 Å². The lowest BCUT2D eigenvalue weighted by Gasteiger charge is -2.24. The number of aromatic amines is 1. The molecule has 1 aliphatic rings. The number of fused-ring (bicyclic) bond motifs is 1. The third kappa shape index (κ3) is 5.70. The summed E-state index contributed by atoms with van der Waals surface area (Å²) in [6, 6.07) is 17.9. The second-order valence-corrected chi connectivity index (χ2v) is 9.92. The van der Waals surface area contributed by atoms with Crippen molar-refractivity contribution in [2.75, 3.05) is 13.1 Å². The lowest BCUT2D eigenvalue weighted by Crippen LogP contribution is -2.45. The molecule has 162 valence electrons. The summed E-state index contributed by atoms with van der Waals surface area (Å²) in [5.74, 6) is 0.0619. The third-order valence-corrected chi connectivity index (χ3v) is 6.54. The van der Waals surface area contributed by atoms with Crippen LogP contribution in [-0.4, -0.2) is 51.2 Å². The Kier molecular flexibility index (Phi) is 7.00. The molecule has 7 heteroatoms. The average molecular weight is 455 g/mol. The van der Waals surface area contributed by atoms with Crippen molar-refractivity contribution >= 4 is 46.4 Å². The van der Waals surface area contributed by atoms with Crippen molar-refractivity contribution in [2.45, 2.75) is 42.8 Å². The van der Waals surface area contributed by atoms with Gasteiger partial charge in [0.05, 0.1) is 17.1 Å². The fourth-order valence-corrected chi connectivity index (χ4v) is 5.35. The smallest absolute Gasteiger partial charge is 0.237 e. The molecule has 1 amide bonds. The molecule has 5 nitrogen and oxygen atoms in total. The van der Waals surface area contributed by atoms with Crippen molar-refractivity contribution in [1.82, 2.24) is 20.2 Å². The molecule has 0 aliphatic carbocycles. The molecule has 0 radical (unpaired) electrons. The highest BCUT2D eigenvalue weighted by molar-refractivity contribution is 7.99. The van der Waals surface area contributed by atoms with Gasteiger partial charge in [0.15, 0.2) is 5.16 Å². The van der Waals surface area contributed by atoms with E-state index in [0.717, 1.165) is 39.8 Å². The zero-order valence-electron chi connectivity index (χ0n) is 17.7. The number of H-pyrrole nitrogens is 1. The van der Waals surface area contributed by atoms with Gasteiger partial charge in [-0.15, -0.1) is 0 Å². The van der Waals surface area contributed by atoms with E-state index < -0.39 is 0 Å². The molecule has 1 aliphatic heterocycles. The van der Waals surface area contributed by atoms with E-state index >= 15 is 0 Å². The number of carbonyl (C=O) groups is 1. The fourth-order valence-electron chi connectivity index (χ4n) is 3.89. The van der Waals surface area contributed by atoms with E-state index in [1.807, 2.05) is 74.5 Å². The van der Waals surface area contributed by atoms with Crippen LogP contribution in [-0.2, 0) is 4.79 Å². The first-order valence-corrected chi connectivity index (χ1v) is 11.8. The summed E-state index contributed by atoms with van der Waals surface area (Å²) in [5, 5.41) is 4.94. The van der Waals surface area contributed by atoms with Crippen LogP contribution in [0.2, 0.25) is 0 Å². The van der Waals surface area contributed by atoms with Crippen LogP contribution in [0.15, 0.2) is 64.8 Å². The Balaban J connectivity index is 1.48. The van der Waals surface area contributed by atoms with Crippen LogP contribution in [0.25, 0.3) is 17.1 Å². The predicted molar refractivity (Wildman–Crippen MR) is 129 cm³/mol. The maximum Gasteiger partial charge on any atom is 0.237 e. The molecule has 31 heavy (non-hydrogen) atoms. The summed E-state index contributed by atoms with van der Waals surface area (Å²) < 4.78 is 0. The largest absolute Gasteiger partial charge is 0.353 e.